The first kappa shape index (κ1) is 79.1. The highest BCUT2D eigenvalue weighted by Gasteiger charge is 2.25. The first-order valence-corrected chi connectivity index (χ1v) is 35.4. The van der Waals surface area contributed by atoms with Crippen molar-refractivity contribution in [1.29, 1.82) is 0 Å². The van der Waals surface area contributed by atoms with E-state index in [2.05, 4.69) is 130 Å². The number of nitrogens with zero attached hydrogens (tertiary/aromatic N) is 10. The van der Waals surface area contributed by atoms with Crippen LogP contribution in [0.4, 0.5) is 19.2 Å². The summed E-state index contributed by atoms with van der Waals surface area (Å²) in [5, 5.41) is 28.1. The molecular weight excluding hydrogens is 1290 g/mol. The molecule has 0 atom stereocenters. The number of carbonyl (C=O) groups excluding carboxylic acids is 4. The molecule has 22 nitrogen and oxygen atoms in total. The summed E-state index contributed by atoms with van der Waals surface area (Å²) in [5.74, 6) is 1.01. The molecule has 12 rings (SSSR count). The molecule has 0 radical (unpaired) electrons. The number of hydrogen-bond donors (Lipinski definition) is 2. The summed E-state index contributed by atoms with van der Waals surface area (Å²) in [4.78, 5) is 63.3. The second-order valence-corrected chi connectivity index (χ2v) is 25.7. The molecule has 2 aliphatic carbocycles. The fourth-order valence-corrected chi connectivity index (χ4v) is 13.6. The highest BCUT2D eigenvalue weighted by molar-refractivity contribution is 7.79. The first-order valence-electron chi connectivity index (χ1n) is 34.1. The second kappa shape index (κ2) is 45.6. The topological polar surface area (TPSA) is 237 Å². The lowest BCUT2D eigenvalue weighted by Crippen LogP contribution is -2.40. The van der Waals surface area contributed by atoms with E-state index in [1.165, 1.54) is 71.8 Å². The smallest absolute Gasteiger partial charge is 0.452 e. The van der Waals surface area contributed by atoms with Gasteiger partial charge < -0.3 is 48.4 Å². The van der Waals surface area contributed by atoms with Gasteiger partial charge >= 0.3 is 24.2 Å². The van der Waals surface area contributed by atoms with Crippen LogP contribution in [0.2, 0.25) is 0 Å². The third-order valence-electron chi connectivity index (χ3n) is 16.6. The maximum Gasteiger partial charge on any atom is 0.452 e. The number of imidazole rings is 2. The molecule has 5 heterocycles. The Labute approximate surface area is 585 Å². The van der Waals surface area contributed by atoms with E-state index in [1.807, 2.05) is 60.4 Å². The number of aliphatic hydroxyl groups is 1. The van der Waals surface area contributed by atoms with Gasteiger partial charge in [-0.05, 0) is 100 Å². The number of rotatable bonds is 15. The summed E-state index contributed by atoms with van der Waals surface area (Å²) in [5.41, 5.74) is 3.21. The fourth-order valence-electron chi connectivity index (χ4n) is 11.3. The summed E-state index contributed by atoms with van der Waals surface area (Å²) in [7, 11) is 3.33. The van der Waals surface area contributed by atoms with Crippen molar-refractivity contribution in [2.24, 2.45) is 10.2 Å². The number of aromatic hydroxyl groups is 1. The van der Waals surface area contributed by atoms with Crippen LogP contribution >= 0.6 is 20.3 Å². The number of phenols is 1. The zero-order valence-electron chi connectivity index (χ0n) is 57.3. The van der Waals surface area contributed by atoms with Gasteiger partial charge in [0, 0.05) is 102 Å². The van der Waals surface area contributed by atoms with Crippen molar-refractivity contribution in [3.8, 4) is 34.0 Å². The van der Waals surface area contributed by atoms with Crippen LogP contribution in [-0.2, 0) is 23.7 Å². The van der Waals surface area contributed by atoms with Crippen molar-refractivity contribution in [2.75, 3.05) is 119 Å². The van der Waals surface area contributed by atoms with Crippen LogP contribution in [0, 0.1) is 0 Å². The number of ether oxygens (including phenoxy) is 6. The Morgan fingerprint density at radius 1 is 0.531 bits per heavy atom. The van der Waals surface area contributed by atoms with Crippen LogP contribution in [0.5, 0.6) is 11.5 Å². The molecule has 24 heteroatoms. The number of aliphatic hydroxyl groups excluding tert-OH is 1. The van der Waals surface area contributed by atoms with Crippen LogP contribution < -0.4 is 20.7 Å². The van der Waals surface area contributed by atoms with Gasteiger partial charge in [-0.3, -0.25) is 18.9 Å². The first-order chi connectivity index (χ1) is 47.4. The van der Waals surface area contributed by atoms with Gasteiger partial charge in [0.05, 0.1) is 57.6 Å². The van der Waals surface area contributed by atoms with Gasteiger partial charge in [0.2, 0.25) is 0 Å². The Hall–Kier alpha value is -7.92. The van der Waals surface area contributed by atoms with E-state index in [1.54, 1.807) is 55.5 Å². The Bertz CT molecular complexity index is 3250. The van der Waals surface area contributed by atoms with Crippen molar-refractivity contribution >= 4 is 60.5 Å². The number of azo groups is 1. The molecule has 0 bridgehead atoms. The van der Waals surface area contributed by atoms with Gasteiger partial charge in [-0.25, -0.2) is 29.1 Å². The molecule has 2 saturated carbocycles. The molecule has 5 aliphatic rings. The SMILES string of the molecule is C1CCOC1.CCOC(=O)N=NC(=O)OCC.CN(C(=O)n1cnc(-c2cccc(O)c2)c1)C1CCCCC1.CN(C(=O)n1cnc(-c2cccc(OCCN3CCOCC3)c2)c1)C1CCCCC1.Cl.OCCN1CCOCC1.c1ccc(P(c2ccccc2)c2ccccc2)cc1. The van der Waals surface area contributed by atoms with Gasteiger partial charge in [0.15, 0.2) is 0 Å². The van der Waals surface area contributed by atoms with E-state index in [9.17, 15) is 24.3 Å². The summed E-state index contributed by atoms with van der Waals surface area (Å²) in [6, 6.07) is 47.7. The fraction of sp³-hybridized carbons (Fsp3) is 0.459. The number of β-amino-alcohol motifs (C(OH)–C–C–N with tert-alkyl or cyclic N) is 1. The molecule has 530 valence electrons. The van der Waals surface area contributed by atoms with E-state index in [0.29, 0.717) is 24.4 Å². The lowest BCUT2D eigenvalue weighted by Gasteiger charge is -2.31. The number of carbonyl (C=O) groups is 4. The molecule has 5 fully saturated rings. The maximum atomic E-state index is 12.9. The van der Waals surface area contributed by atoms with E-state index in [0.717, 1.165) is 127 Å². The van der Waals surface area contributed by atoms with Gasteiger partial charge in [0.1, 0.15) is 30.8 Å². The lowest BCUT2D eigenvalue weighted by atomic mass is 9.95. The van der Waals surface area contributed by atoms with Crippen molar-refractivity contribution in [3.63, 3.8) is 0 Å². The number of hydrogen-bond acceptors (Lipinski definition) is 16. The van der Waals surface area contributed by atoms with Gasteiger partial charge in [0.25, 0.3) is 0 Å². The summed E-state index contributed by atoms with van der Waals surface area (Å²) >= 11 is 0. The second-order valence-electron chi connectivity index (χ2n) is 23.5. The predicted octanol–water partition coefficient (Wildman–Crippen LogP) is 12.7. The molecular formula is C74H100ClN10O12P. The number of amides is 4. The van der Waals surface area contributed by atoms with E-state index < -0.39 is 20.1 Å². The molecule has 3 saturated heterocycles. The monoisotopic (exact) mass is 1390 g/mol. The minimum absolute atomic E-state index is 0. The Morgan fingerprint density at radius 3 is 1.34 bits per heavy atom. The van der Waals surface area contributed by atoms with E-state index in [-0.39, 0.29) is 50.0 Å². The zero-order valence-corrected chi connectivity index (χ0v) is 59.1. The van der Waals surface area contributed by atoms with Gasteiger partial charge in [-0.1, -0.05) is 164 Å². The van der Waals surface area contributed by atoms with Crippen LogP contribution in [-0.4, -0.2) is 205 Å². The lowest BCUT2D eigenvalue weighted by molar-refractivity contribution is 0.0306. The summed E-state index contributed by atoms with van der Waals surface area (Å²) < 4.78 is 33.2. The number of morpholine rings is 2. The van der Waals surface area contributed by atoms with Crippen LogP contribution in [0.3, 0.4) is 0 Å². The minimum atomic E-state index is -0.898. The Balaban J connectivity index is 0.000000199. The predicted molar refractivity (Wildman–Crippen MR) is 386 cm³/mol. The van der Waals surface area contributed by atoms with Gasteiger partial charge in [-0.15, -0.1) is 12.4 Å². The average molecular weight is 1390 g/mol. The third-order valence-corrected chi connectivity index (χ3v) is 19.1. The number of benzene rings is 5. The molecule has 2 aromatic heterocycles. The molecule has 0 unspecified atom stereocenters. The van der Waals surface area contributed by atoms with Gasteiger partial charge in [-0.2, -0.15) is 0 Å². The molecule has 7 aromatic rings. The van der Waals surface area contributed by atoms with Crippen LogP contribution in [0.25, 0.3) is 22.5 Å². The number of halogens is 1. The normalized spacial score (nSPS) is 15.7. The van der Waals surface area contributed by atoms with E-state index in [4.69, 9.17) is 24.1 Å². The largest absolute Gasteiger partial charge is 0.508 e. The van der Waals surface area contributed by atoms with Crippen molar-refractivity contribution in [1.82, 2.24) is 38.7 Å². The highest BCUT2D eigenvalue weighted by atomic mass is 35.5. The zero-order chi connectivity index (χ0) is 68.7. The van der Waals surface area contributed by atoms with Crippen LogP contribution in [0.15, 0.2) is 175 Å². The molecule has 2 N–H and O–H groups in total. The quantitative estimate of drug-likeness (QED) is 0.0717. The highest BCUT2D eigenvalue weighted by Crippen LogP contribution is 2.33. The Kier molecular flexibility index (Phi) is 36.8. The molecule has 98 heavy (non-hydrogen) atoms. The number of aromatic nitrogens is 4. The van der Waals surface area contributed by atoms with Crippen molar-refractivity contribution in [2.45, 2.75) is 103 Å². The van der Waals surface area contributed by atoms with E-state index >= 15 is 0 Å². The minimum Gasteiger partial charge on any atom is -0.508 e. The molecule has 5 aromatic carbocycles. The summed E-state index contributed by atoms with van der Waals surface area (Å²) in [6.07, 6.45) is 19.1. The average Bonchev–Trinajstić information content (AvgIpc) is 1.41. The maximum absolute atomic E-state index is 12.9. The Morgan fingerprint density at radius 2 is 0.939 bits per heavy atom. The third kappa shape index (κ3) is 27.8. The van der Waals surface area contributed by atoms with Crippen molar-refractivity contribution < 1.29 is 57.8 Å². The molecule has 0 spiro atoms. The molecule has 4 amide bonds. The molecule has 3 aliphatic heterocycles. The summed E-state index contributed by atoms with van der Waals surface area (Å²) in [6.45, 7) is 15.3. The number of phenolic OH excluding ortho intramolecular Hbond substituents is 1. The van der Waals surface area contributed by atoms with Crippen molar-refractivity contribution in [3.05, 3.63) is 165 Å². The standard InChI is InChI=1S/C23H32N4O3.C18H15P.C17H21N3O2.C6H10N2O4.C6H13NO2.C4H8O.ClH/c1-25(20-7-3-2-4-8-20)23(28)27-17-22(24-18-27)19-6-5-9-21(16-19)30-15-12-26-10-13-29-14-11-26;1-4-10-16(11-5-1)19(17-12-6-2-7-13-17)18-14-8-3-9-15-18;1-19(14-7-3-2-4-8-14)17(22)20-11-16(18-12-20)13-6-5-9-15(21)10-13;1-3-11-5(9)7-8-6(10)12-4-2;8-4-1-7-2-5-9-6-3-7;1-2-4-5-3-1;/h5-6,9,16-18,20H,2-4,7-8,10-15H2,1H3;1-15H;5-6,9-12,14,21H,2-4,7-8H2,1H3;3-4H2,1-2H3;8H,1-6H2;1-4H2;1H. The van der Waals surface area contributed by atoms with Crippen LogP contribution in [0.1, 0.15) is 90.9 Å².